The number of fused-ring (bicyclic) bond motifs is 1. The van der Waals surface area contributed by atoms with Gasteiger partial charge in [0.2, 0.25) is 5.91 Å². The fraction of sp³-hybridized carbons (Fsp3) is 0.389. The SMILES string of the molecule is C=CC(=O)N1CCC(Nc2cc(F)c3ncn(C(C)C)c(=O)c3c2)C1. The van der Waals surface area contributed by atoms with E-state index < -0.39 is 5.82 Å². The zero-order valence-corrected chi connectivity index (χ0v) is 14.3. The number of likely N-dealkylation sites (tertiary alicyclic amines) is 1. The molecule has 7 heteroatoms. The van der Waals surface area contributed by atoms with Crippen LogP contribution < -0.4 is 10.9 Å². The highest BCUT2D eigenvalue weighted by Gasteiger charge is 2.25. The van der Waals surface area contributed by atoms with E-state index in [0.29, 0.717) is 18.8 Å². The number of hydrogen-bond donors (Lipinski definition) is 1. The Balaban J connectivity index is 1.90. The first-order chi connectivity index (χ1) is 11.9. The van der Waals surface area contributed by atoms with E-state index in [4.69, 9.17) is 0 Å². The van der Waals surface area contributed by atoms with Crippen molar-refractivity contribution in [2.24, 2.45) is 0 Å². The smallest absolute Gasteiger partial charge is 0.261 e. The van der Waals surface area contributed by atoms with E-state index in [2.05, 4.69) is 16.9 Å². The molecule has 0 aliphatic carbocycles. The van der Waals surface area contributed by atoms with E-state index >= 15 is 0 Å². The summed E-state index contributed by atoms with van der Waals surface area (Å²) in [6.07, 6.45) is 3.42. The van der Waals surface area contributed by atoms with Crippen LogP contribution in [-0.4, -0.2) is 39.5 Å². The zero-order valence-electron chi connectivity index (χ0n) is 14.3. The number of hydrogen-bond acceptors (Lipinski definition) is 4. The van der Waals surface area contributed by atoms with Gasteiger partial charge < -0.3 is 10.2 Å². The fourth-order valence-electron chi connectivity index (χ4n) is 3.10. The number of rotatable bonds is 4. The molecular formula is C18H21FN4O2. The number of nitrogens with one attached hydrogen (secondary N) is 1. The monoisotopic (exact) mass is 344 g/mol. The van der Waals surface area contributed by atoms with Crippen LogP contribution in [0, 0.1) is 5.82 Å². The van der Waals surface area contributed by atoms with Crippen LogP contribution in [0.15, 0.2) is 35.9 Å². The predicted molar refractivity (Wildman–Crippen MR) is 95.2 cm³/mol. The molecule has 1 aromatic carbocycles. The number of anilines is 1. The van der Waals surface area contributed by atoms with E-state index in [1.54, 1.807) is 11.0 Å². The number of benzene rings is 1. The third-order valence-electron chi connectivity index (χ3n) is 4.44. The van der Waals surface area contributed by atoms with Gasteiger partial charge in [-0.25, -0.2) is 9.37 Å². The molecule has 1 aromatic heterocycles. The molecule has 1 unspecified atom stereocenters. The molecule has 1 aliphatic heterocycles. The fourth-order valence-corrected chi connectivity index (χ4v) is 3.10. The van der Waals surface area contributed by atoms with Crippen molar-refractivity contribution < 1.29 is 9.18 Å². The summed E-state index contributed by atoms with van der Waals surface area (Å²) in [5, 5.41) is 3.46. The van der Waals surface area contributed by atoms with Crippen LogP contribution >= 0.6 is 0 Å². The van der Waals surface area contributed by atoms with Gasteiger partial charge >= 0.3 is 0 Å². The van der Waals surface area contributed by atoms with Gasteiger partial charge in [0, 0.05) is 30.9 Å². The Labute approximate surface area is 145 Å². The lowest BCUT2D eigenvalue weighted by Crippen LogP contribution is -2.30. The maximum Gasteiger partial charge on any atom is 0.261 e. The molecule has 1 atom stereocenters. The van der Waals surface area contributed by atoms with Crippen molar-refractivity contribution >= 4 is 22.5 Å². The Kier molecular flexibility index (Phi) is 4.57. The van der Waals surface area contributed by atoms with E-state index in [-0.39, 0.29) is 34.5 Å². The molecule has 132 valence electrons. The number of halogens is 1. The predicted octanol–water partition coefficient (Wildman–Crippen LogP) is 2.32. The van der Waals surface area contributed by atoms with Crippen molar-refractivity contribution in [3.05, 3.63) is 47.3 Å². The molecule has 1 fully saturated rings. The number of nitrogens with zero attached hydrogens (tertiary/aromatic N) is 3. The second kappa shape index (κ2) is 6.66. The third kappa shape index (κ3) is 3.26. The Morgan fingerprint density at radius 1 is 1.48 bits per heavy atom. The highest BCUT2D eigenvalue weighted by atomic mass is 19.1. The summed E-state index contributed by atoms with van der Waals surface area (Å²) in [5.41, 5.74) is 0.322. The van der Waals surface area contributed by atoms with Gasteiger partial charge in [0.05, 0.1) is 11.7 Å². The molecular weight excluding hydrogens is 323 g/mol. The van der Waals surface area contributed by atoms with Gasteiger partial charge in [-0.05, 0) is 38.5 Å². The third-order valence-corrected chi connectivity index (χ3v) is 4.44. The van der Waals surface area contributed by atoms with Gasteiger partial charge in [-0.1, -0.05) is 6.58 Å². The minimum atomic E-state index is -0.537. The summed E-state index contributed by atoms with van der Waals surface area (Å²) in [6, 6.07) is 2.92. The van der Waals surface area contributed by atoms with Crippen molar-refractivity contribution in [3.63, 3.8) is 0 Å². The van der Waals surface area contributed by atoms with Crippen LogP contribution in [0.5, 0.6) is 0 Å². The molecule has 1 N–H and O–H groups in total. The minimum absolute atomic E-state index is 0.00439. The summed E-state index contributed by atoms with van der Waals surface area (Å²) < 4.78 is 15.8. The average molecular weight is 344 g/mol. The quantitative estimate of drug-likeness (QED) is 0.865. The van der Waals surface area contributed by atoms with Gasteiger partial charge in [-0.2, -0.15) is 0 Å². The van der Waals surface area contributed by atoms with Crippen molar-refractivity contribution in [1.29, 1.82) is 0 Å². The molecule has 0 bridgehead atoms. The molecule has 3 rings (SSSR count). The van der Waals surface area contributed by atoms with Crippen LogP contribution in [0.25, 0.3) is 10.9 Å². The van der Waals surface area contributed by atoms with Crippen LogP contribution in [0.1, 0.15) is 26.3 Å². The molecule has 1 amide bonds. The normalized spacial score (nSPS) is 17.3. The molecule has 25 heavy (non-hydrogen) atoms. The lowest BCUT2D eigenvalue weighted by Gasteiger charge is -2.17. The summed E-state index contributed by atoms with van der Waals surface area (Å²) in [6.45, 7) is 8.38. The number of aromatic nitrogens is 2. The number of amides is 1. The molecule has 0 radical (unpaired) electrons. The Morgan fingerprint density at radius 2 is 2.24 bits per heavy atom. The van der Waals surface area contributed by atoms with Crippen molar-refractivity contribution in [2.45, 2.75) is 32.4 Å². The first-order valence-electron chi connectivity index (χ1n) is 8.29. The van der Waals surface area contributed by atoms with Crippen molar-refractivity contribution in [3.8, 4) is 0 Å². The van der Waals surface area contributed by atoms with Crippen LogP contribution in [0.4, 0.5) is 10.1 Å². The van der Waals surface area contributed by atoms with Gasteiger partial charge in [0.25, 0.3) is 5.56 Å². The summed E-state index contributed by atoms with van der Waals surface area (Å²) in [7, 11) is 0. The second-order valence-electron chi connectivity index (χ2n) is 6.52. The Bertz CT molecular complexity index is 891. The van der Waals surface area contributed by atoms with Gasteiger partial charge in [-0.15, -0.1) is 0 Å². The van der Waals surface area contributed by atoms with Crippen LogP contribution in [-0.2, 0) is 4.79 Å². The molecule has 2 heterocycles. The first kappa shape index (κ1) is 17.1. The highest BCUT2D eigenvalue weighted by molar-refractivity contribution is 5.87. The van der Waals surface area contributed by atoms with E-state index in [1.807, 2.05) is 13.8 Å². The summed E-state index contributed by atoms with van der Waals surface area (Å²) in [5.74, 6) is -0.650. The number of carbonyl (C=O) groups excluding carboxylic acids is 1. The Morgan fingerprint density at radius 3 is 2.92 bits per heavy atom. The first-order valence-corrected chi connectivity index (χ1v) is 8.29. The molecule has 0 spiro atoms. The van der Waals surface area contributed by atoms with Crippen LogP contribution in [0.2, 0.25) is 0 Å². The highest BCUT2D eigenvalue weighted by Crippen LogP contribution is 2.22. The van der Waals surface area contributed by atoms with Crippen molar-refractivity contribution in [2.75, 3.05) is 18.4 Å². The second-order valence-corrected chi connectivity index (χ2v) is 6.52. The van der Waals surface area contributed by atoms with Gasteiger partial charge in [0.15, 0.2) is 5.82 Å². The maximum absolute atomic E-state index is 14.4. The molecule has 6 nitrogen and oxygen atoms in total. The zero-order chi connectivity index (χ0) is 18.1. The van der Waals surface area contributed by atoms with E-state index in [0.717, 1.165) is 6.42 Å². The Hall–Kier alpha value is -2.70. The van der Waals surface area contributed by atoms with Crippen LogP contribution in [0.3, 0.4) is 0 Å². The minimum Gasteiger partial charge on any atom is -0.380 e. The molecule has 0 saturated carbocycles. The summed E-state index contributed by atoms with van der Waals surface area (Å²) in [4.78, 5) is 30.0. The molecule has 1 aliphatic rings. The standard InChI is InChI=1S/C18H21FN4O2/c1-4-16(24)22-6-5-12(9-22)21-13-7-14-17(15(19)8-13)20-10-23(11(2)3)18(14)25/h4,7-8,10-12,21H,1,5-6,9H2,2-3H3. The topological polar surface area (TPSA) is 67.2 Å². The molecule has 2 aromatic rings. The average Bonchev–Trinajstić information content (AvgIpc) is 3.03. The van der Waals surface area contributed by atoms with E-state index in [9.17, 15) is 14.0 Å². The lowest BCUT2D eigenvalue weighted by atomic mass is 10.1. The van der Waals surface area contributed by atoms with Gasteiger partial charge in [0.1, 0.15) is 5.52 Å². The van der Waals surface area contributed by atoms with Crippen molar-refractivity contribution in [1.82, 2.24) is 14.5 Å². The largest absolute Gasteiger partial charge is 0.380 e. The molecule has 1 saturated heterocycles. The van der Waals surface area contributed by atoms with E-state index in [1.165, 1.54) is 23.0 Å². The lowest BCUT2D eigenvalue weighted by molar-refractivity contribution is -0.125. The number of carbonyl (C=O) groups is 1. The maximum atomic E-state index is 14.4. The summed E-state index contributed by atoms with van der Waals surface area (Å²) >= 11 is 0. The van der Waals surface area contributed by atoms with Gasteiger partial charge in [-0.3, -0.25) is 14.2 Å².